The van der Waals surface area contributed by atoms with E-state index in [0.717, 1.165) is 5.56 Å². The molecule has 25 heavy (non-hydrogen) atoms. The number of nitriles is 1. The zero-order chi connectivity index (χ0) is 18.0. The molecular weight excluding hydrogens is 338 g/mol. The van der Waals surface area contributed by atoms with Crippen molar-refractivity contribution < 1.29 is 13.9 Å². The molecule has 0 saturated heterocycles. The van der Waals surface area contributed by atoms with Crippen LogP contribution in [0.25, 0.3) is 11.3 Å². The molecule has 1 aliphatic heterocycles. The van der Waals surface area contributed by atoms with Crippen molar-refractivity contribution in [2.45, 2.75) is 13.0 Å². The summed E-state index contributed by atoms with van der Waals surface area (Å²) in [6.07, 6.45) is 0. The van der Waals surface area contributed by atoms with Crippen molar-refractivity contribution in [1.29, 1.82) is 5.26 Å². The molecular formula is C18H15N3O3S. The van der Waals surface area contributed by atoms with Crippen LogP contribution in [0.4, 0.5) is 0 Å². The quantitative estimate of drug-likeness (QED) is 0.648. The molecule has 126 valence electrons. The van der Waals surface area contributed by atoms with Gasteiger partial charge in [-0.25, -0.2) is 4.79 Å². The Hall–Kier alpha value is -3.11. The van der Waals surface area contributed by atoms with Crippen LogP contribution < -0.4 is 10.6 Å². The van der Waals surface area contributed by atoms with Gasteiger partial charge in [-0.2, -0.15) is 5.26 Å². The van der Waals surface area contributed by atoms with E-state index in [1.165, 1.54) is 7.11 Å². The van der Waals surface area contributed by atoms with Gasteiger partial charge in [0.1, 0.15) is 17.6 Å². The lowest BCUT2D eigenvalue weighted by Gasteiger charge is -2.27. The number of nitrogens with one attached hydrogen (secondary N) is 2. The molecule has 6 nitrogen and oxygen atoms in total. The van der Waals surface area contributed by atoms with Crippen LogP contribution in [0.5, 0.6) is 0 Å². The molecule has 0 fully saturated rings. The number of nitrogens with zero attached hydrogens (tertiary/aromatic N) is 1. The number of benzene rings is 1. The Morgan fingerprint density at radius 1 is 1.28 bits per heavy atom. The lowest BCUT2D eigenvalue weighted by atomic mass is 10.0. The van der Waals surface area contributed by atoms with Gasteiger partial charge in [-0.3, -0.25) is 0 Å². The largest absolute Gasteiger partial charge is 0.466 e. The molecule has 0 bridgehead atoms. The number of allylic oxidation sites excluding steroid dienone is 1. The van der Waals surface area contributed by atoms with Crippen molar-refractivity contribution in [2.24, 2.45) is 0 Å². The monoisotopic (exact) mass is 353 g/mol. The number of carbonyl (C=O) groups excluding carboxylic acids is 1. The molecule has 0 spiro atoms. The molecule has 0 unspecified atom stereocenters. The van der Waals surface area contributed by atoms with E-state index in [2.05, 4.69) is 16.7 Å². The maximum atomic E-state index is 12.1. The van der Waals surface area contributed by atoms with E-state index in [9.17, 15) is 4.79 Å². The Morgan fingerprint density at radius 3 is 2.64 bits per heavy atom. The molecule has 0 aliphatic carbocycles. The molecule has 7 heteroatoms. The summed E-state index contributed by atoms with van der Waals surface area (Å²) < 4.78 is 10.8. The predicted molar refractivity (Wildman–Crippen MR) is 95.2 cm³/mol. The molecule has 2 heterocycles. The second kappa shape index (κ2) is 6.79. The molecule has 0 radical (unpaired) electrons. The summed E-state index contributed by atoms with van der Waals surface area (Å²) in [5.74, 6) is 0.719. The molecule has 1 aromatic carbocycles. The number of hydrogen-bond donors (Lipinski definition) is 2. The lowest BCUT2D eigenvalue weighted by Crippen LogP contribution is -2.44. The second-order valence-corrected chi connectivity index (χ2v) is 5.86. The summed E-state index contributed by atoms with van der Waals surface area (Å²) in [4.78, 5) is 12.1. The highest BCUT2D eigenvalue weighted by Gasteiger charge is 2.32. The topological polar surface area (TPSA) is 87.3 Å². The summed E-state index contributed by atoms with van der Waals surface area (Å²) in [6, 6.07) is 12.2. The first kappa shape index (κ1) is 16.7. The smallest absolute Gasteiger partial charge is 0.338 e. The van der Waals surface area contributed by atoms with E-state index in [0.29, 0.717) is 33.5 Å². The maximum Gasteiger partial charge on any atom is 0.338 e. The van der Waals surface area contributed by atoms with Crippen LogP contribution in [0.1, 0.15) is 24.3 Å². The van der Waals surface area contributed by atoms with Crippen LogP contribution in [0.3, 0.4) is 0 Å². The zero-order valence-electron chi connectivity index (χ0n) is 13.6. The number of ether oxygens (including phenoxy) is 1. The highest BCUT2D eigenvalue weighted by atomic mass is 32.1. The molecule has 1 aliphatic rings. The van der Waals surface area contributed by atoms with Gasteiger partial charge in [-0.1, -0.05) is 0 Å². The average Bonchev–Trinajstić information content (AvgIpc) is 3.10. The minimum atomic E-state index is -0.534. The lowest BCUT2D eigenvalue weighted by molar-refractivity contribution is -0.136. The van der Waals surface area contributed by atoms with Crippen molar-refractivity contribution in [3.8, 4) is 17.4 Å². The summed E-state index contributed by atoms with van der Waals surface area (Å²) >= 11 is 5.18. The van der Waals surface area contributed by atoms with Crippen LogP contribution in [0.2, 0.25) is 0 Å². The van der Waals surface area contributed by atoms with E-state index in [1.807, 2.05) is 18.2 Å². The molecule has 2 aromatic rings. The van der Waals surface area contributed by atoms with Crippen LogP contribution in [-0.2, 0) is 9.53 Å². The highest BCUT2D eigenvalue weighted by molar-refractivity contribution is 7.80. The first-order valence-corrected chi connectivity index (χ1v) is 7.91. The Bertz CT molecular complexity index is 906. The standard InChI is InChI=1S/C18H15N3O3S/c1-10-15(17(22)23-2)16(21-18(25)20-10)14-8-7-13(24-14)12-5-3-11(9-19)4-6-12/h3-8,16H,1-2H3,(H2,20,21,25)/t16-/m1/s1. The third-order valence-corrected chi connectivity index (χ3v) is 4.10. The van der Waals surface area contributed by atoms with Gasteiger partial charge in [0.2, 0.25) is 0 Å². The fourth-order valence-corrected chi connectivity index (χ4v) is 2.93. The van der Waals surface area contributed by atoms with Gasteiger partial charge in [0.15, 0.2) is 5.11 Å². The number of furan rings is 1. The molecule has 0 saturated carbocycles. The van der Waals surface area contributed by atoms with Crippen molar-refractivity contribution in [1.82, 2.24) is 10.6 Å². The minimum absolute atomic E-state index is 0.409. The first-order chi connectivity index (χ1) is 12.0. The Labute approximate surface area is 150 Å². The fraction of sp³-hybridized carbons (Fsp3) is 0.167. The van der Waals surface area contributed by atoms with Gasteiger partial charge in [0, 0.05) is 11.3 Å². The Balaban J connectivity index is 1.97. The van der Waals surface area contributed by atoms with Gasteiger partial charge in [0.05, 0.1) is 24.3 Å². The summed E-state index contributed by atoms with van der Waals surface area (Å²) in [5, 5.41) is 15.2. The van der Waals surface area contributed by atoms with Crippen LogP contribution in [0.15, 0.2) is 52.1 Å². The minimum Gasteiger partial charge on any atom is -0.466 e. The zero-order valence-corrected chi connectivity index (χ0v) is 14.4. The first-order valence-electron chi connectivity index (χ1n) is 7.50. The second-order valence-electron chi connectivity index (χ2n) is 5.45. The molecule has 0 amide bonds. The third-order valence-electron chi connectivity index (χ3n) is 3.88. The van der Waals surface area contributed by atoms with Gasteiger partial charge in [-0.15, -0.1) is 0 Å². The molecule has 1 aromatic heterocycles. The van der Waals surface area contributed by atoms with E-state index < -0.39 is 12.0 Å². The Kier molecular flexibility index (Phi) is 4.55. The van der Waals surface area contributed by atoms with Gasteiger partial charge in [-0.05, 0) is 55.5 Å². The molecule has 3 rings (SSSR count). The predicted octanol–water partition coefficient (Wildman–Crippen LogP) is 2.78. The van der Waals surface area contributed by atoms with Gasteiger partial charge >= 0.3 is 5.97 Å². The molecule has 2 N–H and O–H groups in total. The number of methoxy groups -OCH3 is 1. The summed E-state index contributed by atoms with van der Waals surface area (Å²) in [7, 11) is 1.33. The summed E-state index contributed by atoms with van der Waals surface area (Å²) in [5.41, 5.74) is 2.45. The third kappa shape index (κ3) is 3.25. The van der Waals surface area contributed by atoms with E-state index in [-0.39, 0.29) is 0 Å². The van der Waals surface area contributed by atoms with Crippen LogP contribution in [-0.4, -0.2) is 18.2 Å². The molecule has 1 atom stereocenters. The SMILES string of the molecule is COC(=O)C1=C(C)NC(=S)N[C@@H]1c1ccc(-c2ccc(C#N)cc2)o1. The maximum absolute atomic E-state index is 12.1. The number of rotatable bonds is 3. The average molecular weight is 353 g/mol. The number of hydrogen-bond acceptors (Lipinski definition) is 5. The number of thiocarbonyl (C=S) groups is 1. The fourth-order valence-electron chi connectivity index (χ4n) is 2.66. The van der Waals surface area contributed by atoms with Crippen LogP contribution >= 0.6 is 12.2 Å². The van der Waals surface area contributed by atoms with E-state index in [4.69, 9.17) is 26.6 Å². The van der Waals surface area contributed by atoms with Gasteiger partial charge in [0.25, 0.3) is 0 Å². The van der Waals surface area contributed by atoms with Crippen LogP contribution in [0, 0.1) is 11.3 Å². The van der Waals surface area contributed by atoms with Crippen molar-refractivity contribution in [3.63, 3.8) is 0 Å². The number of esters is 1. The van der Waals surface area contributed by atoms with Crippen molar-refractivity contribution in [3.05, 3.63) is 59.0 Å². The Morgan fingerprint density at radius 2 is 2.00 bits per heavy atom. The normalized spacial score (nSPS) is 16.7. The van der Waals surface area contributed by atoms with Gasteiger partial charge < -0.3 is 19.8 Å². The summed E-state index contributed by atoms with van der Waals surface area (Å²) in [6.45, 7) is 1.76. The number of carbonyl (C=O) groups is 1. The van der Waals surface area contributed by atoms with Crippen molar-refractivity contribution in [2.75, 3.05) is 7.11 Å². The highest BCUT2D eigenvalue weighted by Crippen LogP contribution is 2.32. The van der Waals surface area contributed by atoms with E-state index >= 15 is 0 Å². The van der Waals surface area contributed by atoms with E-state index in [1.54, 1.807) is 25.1 Å². The van der Waals surface area contributed by atoms with Crippen molar-refractivity contribution >= 4 is 23.3 Å².